The van der Waals surface area contributed by atoms with Gasteiger partial charge in [-0.3, -0.25) is 0 Å². The van der Waals surface area contributed by atoms with E-state index in [0.29, 0.717) is 0 Å². The SMILES string of the molecule is Cc1ccsc1CNCCSc1ccccc1Cl. The summed E-state index contributed by atoms with van der Waals surface area (Å²) in [6, 6.07) is 10.2. The van der Waals surface area contributed by atoms with Gasteiger partial charge in [0.25, 0.3) is 0 Å². The molecule has 4 heteroatoms. The van der Waals surface area contributed by atoms with E-state index >= 15 is 0 Å². The van der Waals surface area contributed by atoms with E-state index in [-0.39, 0.29) is 0 Å². The minimum absolute atomic E-state index is 0.844. The predicted molar refractivity (Wildman–Crippen MR) is 82.9 cm³/mol. The van der Waals surface area contributed by atoms with E-state index in [1.165, 1.54) is 10.4 Å². The monoisotopic (exact) mass is 297 g/mol. The summed E-state index contributed by atoms with van der Waals surface area (Å²) in [4.78, 5) is 2.59. The first-order valence-electron chi connectivity index (χ1n) is 5.88. The Labute approximate surface area is 122 Å². The number of hydrogen-bond acceptors (Lipinski definition) is 3. The molecule has 0 aliphatic carbocycles. The van der Waals surface area contributed by atoms with Crippen LogP contribution in [0.15, 0.2) is 40.6 Å². The first-order valence-corrected chi connectivity index (χ1v) is 8.12. The minimum Gasteiger partial charge on any atom is -0.311 e. The number of benzene rings is 1. The lowest BCUT2D eigenvalue weighted by Crippen LogP contribution is -2.16. The predicted octanol–water partition coefficient (Wildman–Crippen LogP) is 4.59. The summed E-state index contributed by atoms with van der Waals surface area (Å²) in [5.74, 6) is 1.04. The van der Waals surface area contributed by atoms with Gasteiger partial charge in [-0.25, -0.2) is 0 Å². The van der Waals surface area contributed by atoms with Crippen LogP contribution in [0.25, 0.3) is 0 Å². The zero-order valence-corrected chi connectivity index (χ0v) is 12.7. The number of nitrogens with one attached hydrogen (secondary N) is 1. The number of halogens is 1. The van der Waals surface area contributed by atoms with Gasteiger partial charge in [0.2, 0.25) is 0 Å². The molecule has 96 valence electrons. The Hall–Kier alpha value is -0.480. The summed E-state index contributed by atoms with van der Waals surface area (Å²) in [6.45, 7) is 4.12. The van der Waals surface area contributed by atoms with Crippen molar-refractivity contribution in [3.63, 3.8) is 0 Å². The molecule has 0 aliphatic rings. The molecule has 0 fully saturated rings. The second-order valence-electron chi connectivity index (χ2n) is 3.98. The van der Waals surface area contributed by atoms with E-state index in [2.05, 4.69) is 29.8 Å². The highest BCUT2D eigenvalue weighted by Gasteiger charge is 2.00. The second-order valence-corrected chi connectivity index (χ2v) is 6.53. The molecular weight excluding hydrogens is 282 g/mol. The van der Waals surface area contributed by atoms with Crippen LogP contribution in [0.3, 0.4) is 0 Å². The van der Waals surface area contributed by atoms with Crippen molar-refractivity contribution in [2.24, 2.45) is 0 Å². The fourth-order valence-corrected chi connectivity index (χ4v) is 3.60. The molecule has 0 spiro atoms. The van der Waals surface area contributed by atoms with Crippen LogP contribution in [0.4, 0.5) is 0 Å². The Kier molecular flexibility index (Phi) is 5.57. The van der Waals surface area contributed by atoms with Crippen molar-refractivity contribution in [1.82, 2.24) is 5.32 Å². The quantitative estimate of drug-likeness (QED) is 0.618. The number of hydrogen-bond donors (Lipinski definition) is 1. The lowest BCUT2D eigenvalue weighted by atomic mass is 10.3. The third kappa shape index (κ3) is 4.02. The standard InChI is InChI=1S/C14H16ClNS2/c1-11-6-8-17-14(11)10-16-7-9-18-13-5-3-2-4-12(13)15/h2-6,8,16H,7,9-10H2,1H3. The van der Waals surface area contributed by atoms with Crippen LogP contribution in [-0.2, 0) is 6.54 Å². The molecule has 0 bridgehead atoms. The molecule has 0 radical (unpaired) electrons. The Morgan fingerprint density at radius 2 is 2.11 bits per heavy atom. The van der Waals surface area contributed by atoms with Crippen LogP contribution in [0.5, 0.6) is 0 Å². The van der Waals surface area contributed by atoms with Gasteiger partial charge in [0.15, 0.2) is 0 Å². The Bertz CT molecular complexity index is 496. The Morgan fingerprint density at radius 1 is 1.28 bits per heavy atom. The normalized spacial score (nSPS) is 10.8. The van der Waals surface area contributed by atoms with Gasteiger partial charge in [-0.2, -0.15) is 0 Å². The van der Waals surface area contributed by atoms with Crippen molar-refractivity contribution >= 4 is 34.7 Å². The van der Waals surface area contributed by atoms with E-state index in [4.69, 9.17) is 11.6 Å². The zero-order valence-electron chi connectivity index (χ0n) is 10.3. The fourth-order valence-electron chi connectivity index (χ4n) is 1.58. The van der Waals surface area contributed by atoms with E-state index in [9.17, 15) is 0 Å². The average Bonchev–Trinajstić information content (AvgIpc) is 2.77. The average molecular weight is 298 g/mol. The molecule has 0 saturated heterocycles. The molecule has 1 N–H and O–H groups in total. The van der Waals surface area contributed by atoms with Gasteiger partial charge in [-0.15, -0.1) is 23.1 Å². The molecule has 0 saturated carbocycles. The number of aryl methyl sites for hydroxylation is 1. The molecular formula is C14H16ClNS2. The van der Waals surface area contributed by atoms with Crippen molar-refractivity contribution < 1.29 is 0 Å². The second kappa shape index (κ2) is 7.19. The summed E-state index contributed by atoms with van der Waals surface area (Å²) in [6.07, 6.45) is 0. The first kappa shape index (κ1) is 13.9. The number of thiophene rings is 1. The van der Waals surface area contributed by atoms with Crippen LogP contribution in [0.1, 0.15) is 10.4 Å². The third-order valence-electron chi connectivity index (χ3n) is 2.63. The van der Waals surface area contributed by atoms with Gasteiger partial charge < -0.3 is 5.32 Å². The highest BCUT2D eigenvalue weighted by molar-refractivity contribution is 7.99. The highest BCUT2D eigenvalue weighted by Crippen LogP contribution is 2.26. The molecule has 2 aromatic rings. The van der Waals surface area contributed by atoms with Crippen molar-refractivity contribution in [3.8, 4) is 0 Å². The van der Waals surface area contributed by atoms with Crippen LogP contribution in [0, 0.1) is 6.92 Å². The lowest BCUT2D eigenvalue weighted by Gasteiger charge is -2.05. The molecule has 1 nitrogen and oxygen atoms in total. The molecule has 0 unspecified atom stereocenters. The maximum atomic E-state index is 6.10. The van der Waals surface area contributed by atoms with Crippen LogP contribution >= 0.6 is 34.7 Å². The summed E-state index contributed by atoms with van der Waals surface area (Å²) >= 11 is 9.71. The van der Waals surface area contributed by atoms with Crippen molar-refractivity contribution in [3.05, 3.63) is 51.2 Å². The zero-order chi connectivity index (χ0) is 12.8. The third-order valence-corrected chi connectivity index (χ3v) is 5.17. The first-order chi connectivity index (χ1) is 8.77. The summed E-state index contributed by atoms with van der Waals surface area (Å²) < 4.78 is 0. The summed E-state index contributed by atoms with van der Waals surface area (Å²) in [5.41, 5.74) is 1.38. The van der Waals surface area contributed by atoms with Gasteiger partial charge in [-0.05, 0) is 36.1 Å². The van der Waals surface area contributed by atoms with Crippen LogP contribution < -0.4 is 5.32 Å². The summed E-state index contributed by atoms with van der Waals surface area (Å²) in [7, 11) is 0. The molecule has 0 atom stereocenters. The van der Waals surface area contributed by atoms with Gasteiger partial charge in [0.05, 0.1) is 5.02 Å². The molecule has 1 heterocycles. The molecule has 0 amide bonds. The Balaban J connectivity index is 1.68. The number of rotatable bonds is 6. The van der Waals surface area contributed by atoms with Crippen LogP contribution in [0.2, 0.25) is 5.02 Å². The molecule has 2 rings (SSSR count). The molecule has 0 aliphatic heterocycles. The van der Waals surface area contributed by atoms with E-state index in [1.807, 2.05) is 29.5 Å². The van der Waals surface area contributed by atoms with Gasteiger partial charge >= 0.3 is 0 Å². The van der Waals surface area contributed by atoms with E-state index in [1.54, 1.807) is 11.8 Å². The number of thioether (sulfide) groups is 1. The van der Waals surface area contributed by atoms with Crippen LogP contribution in [-0.4, -0.2) is 12.3 Å². The Morgan fingerprint density at radius 3 is 2.83 bits per heavy atom. The lowest BCUT2D eigenvalue weighted by molar-refractivity contribution is 0.738. The maximum absolute atomic E-state index is 6.10. The van der Waals surface area contributed by atoms with E-state index < -0.39 is 0 Å². The largest absolute Gasteiger partial charge is 0.311 e. The smallest absolute Gasteiger partial charge is 0.0541 e. The van der Waals surface area contributed by atoms with Gasteiger partial charge in [0, 0.05) is 28.6 Å². The highest BCUT2D eigenvalue weighted by atomic mass is 35.5. The van der Waals surface area contributed by atoms with Gasteiger partial charge in [0.1, 0.15) is 0 Å². The molecule has 1 aromatic carbocycles. The van der Waals surface area contributed by atoms with E-state index in [0.717, 1.165) is 28.8 Å². The minimum atomic E-state index is 0.844. The maximum Gasteiger partial charge on any atom is 0.0541 e. The molecule has 18 heavy (non-hydrogen) atoms. The van der Waals surface area contributed by atoms with Crippen molar-refractivity contribution in [2.45, 2.75) is 18.4 Å². The van der Waals surface area contributed by atoms with Gasteiger partial charge in [-0.1, -0.05) is 23.7 Å². The van der Waals surface area contributed by atoms with Crippen molar-refractivity contribution in [2.75, 3.05) is 12.3 Å². The topological polar surface area (TPSA) is 12.0 Å². The fraction of sp³-hybridized carbons (Fsp3) is 0.286. The van der Waals surface area contributed by atoms with Crippen molar-refractivity contribution in [1.29, 1.82) is 0 Å². The summed E-state index contributed by atoms with van der Waals surface area (Å²) in [5, 5.41) is 6.45. The molecule has 1 aromatic heterocycles.